The van der Waals surface area contributed by atoms with Crippen LogP contribution < -0.4 is 0 Å². The van der Waals surface area contributed by atoms with E-state index in [9.17, 15) is 0 Å². The largest absolute Gasteiger partial charge is 0.248 e. The van der Waals surface area contributed by atoms with E-state index in [1.165, 1.54) is 45.2 Å². The molecular weight excluding hydrogens is 249 g/mol. The summed E-state index contributed by atoms with van der Waals surface area (Å²) in [5, 5.41) is 0. The van der Waals surface area contributed by atoms with Crippen LogP contribution in [0, 0.1) is 0 Å². The van der Waals surface area contributed by atoms with Gasteiger partial charge in [0, 0.05) is 36.0 Å². The Morgan fingerprint density at radius 2 is 1.45 bits per heavy atom. The van der Waals surface area contributed by atoms with Crippen LogP contribution in [-0.4, -0.2) is 16.2 Å². The molecule has 11 heavy (non-hydrogen) atoms. The van der Waals surface area contributed by atoms with Crippen molar-refractivity contribution in [3.63, 3.8) is 0 Å². The van der Waals surface area contributed by atoms with Gasteiger partial charge in [-0.3, -0.25) is 0 Å². The minimum atomic E-state index is 1.26. The summed E-state index contributed by atoms with van der Waals surface area (Å²) in [4.78, 5) is 0. The van der Waals surface area contributed by atoms with Crippen molar-refractivity contribution in [3.05, 3.63) is 0 Å². The predicted molar refractivity (Wildman–Crippen MR) is 60.0 cm³/mol. The Morgan fingerprint density at radius 1 is 0.909 bits per heavy atom. The van der Waals surface area contributed by atoms with Crippen molar-refractivity contribution >= 4 is 22.9 Å². The molecule has 0 aromatic carbocycles. The van der Waals surface area contributed by atoms with Crippen LogP contribution >= 0.6 is 22.9 Å². The molecule has 1 nitrogen and oxygen atoms in total. The Morgan fingerprint density at radius 3 is 2.00 bits per heavy atom. The van der Waals surface area contributed by atoms with E-state index >= 15 is 0 Å². The molecule has 0 aromatic rings. The summed E-state index contributed by atoms with van der Waals surface area (Å²) in [6.45, 7) is 7.04. The fourth-order valence-corrected chi connectivity index (χ4v) is 1.66. The lowest BCUT2D eigenvalue weighted by atomic mass is 10.2. The fraction of sp³-hybridized carbons (Fsp3) is 1.00. The molecule has 0 unspecified atom stereocenters. The Kier molecular flexibility index (Phi) is 9.33. The van der Waals surface area contributed by atoms with Crippen LogP contribution in [0.15, 0.2) is 0 Å². The number of nitrogens with zero attached hydrogens (tertiary/aromatic N) is 1. The quantitative estimate of drug-likeness (QED) is 0.387. The van der Waals surface area contributed by atoms with Gasteiger partial charge in [-0.05, 0) is 12.8 Å². The number of hydrogen-bond acceptors (Lipinski definition) is 1. The Balaban J connectivity index is 3.02. The van der Waals surface area contributed by atoms with Crippen molar-refractivity contribution < 1.29 is 0 Å². The molecule has 0 aromatic heterocycles. The summed E-state index contributed by atoms with van der Waals surface area (Å²) in [6, 6.07) is 0. The van der Waals surface area contributed by atoms with Gasteiger partial charge in [0.1, 0.15) is 0 Å². The zero-order valence-corrected chi connectivity index (χ0v) is 9.93. The van der Waals surface area contributed by atoms with E-state index in [1.54, 1.807) is 0 Å². The number of unbranched alkanes of at least 4 members (excludes halogenated alkanes) is 3. The minimum absolute atomic E-state index is 1.26. The first-order valence-electron chi connectivity index (χ1n) is 4.72. The third-order valence-corrected chi connectivity index (χ3v) is 2.72. The zero-order chi connectivity index (χ0) is 8.53. The normalized spacial score (nSPS) is 10.9. The first-order valence-corrected chi connectivity index (χ1v) is 5.68. The average Bonchev–Trinajstić information content (AvgIpc) is 2.01. The lowest BCUT2D eigenvalue weighted by Gasteiger charge is -2.12. The molecule has 0 bridgehead atoms. The monoisotopic (exact) mass is 269 g/mol. The maximum atomic E-state index is 2.44. The molecule has 0 amide bonds. The van der Waals surface area contributed by atoms with Gasteiger partial charge in [0.05, 0.1) is 0 Å². The van der Waals surface area contributed by atoms with E-state index in [-0.39, 0.29) is 0 Å². The maximum Gasteiger partial charge on any atom is 0.0201 e. The molecule has 0 saturated heterocycles. The van der Waals surface area contributed by atoms with Gasteiger partial charge in [0.2, 0.25) is 0 Å². The molecule has 68 valence electrons. The van der Waals surface area contributed by atoms with Gasteiger partial charge in [-0.25, -0.2) is 3.11 Å². The summed E-state index contributed by atoms with van der Waals surface area (Å²) >= 11 is 2.44. The van der Waals surface area contributed by atoms with Gasteiger partial charge >= 0.3 is 0 Å². The first kappa shape index (κ1) is 11.7. The van der Waals surface area contributed by atoms with Crippen LogP contribution in [0.2, 0.25) is 0 Å². The third-order valence-electron chi connectivity index (χ3n) is 1.76. The van der Waals surface area contributed by atoms with E-state index < -0.39 is 0 Å². The molecule has 0 heterocycles. The SMILES string of the molecule is CCCCCN(I)CCCC. The lowest BCUT2D eigenvalue weighted by molar-refractivity contribution is 0.470. The Bertz CT molecular complexity index is 76.0. The molecule has 0 aliphatic heterocycles. The third kappa shape index (κ3) is 8.60. The second kappa shape index (κ2) is 8.78. The molecule has 0 rings (SSSR count). The predicted octanol–water partition coefficient (Wildman–Crippen LogP) is 3.63. The molecule has 0 atom stereocenters. The van der Waals surface area contributed by atoms with Crippen LogP contribution in [0.1, 0.15) is 46.0 Å². The second-order valence-corrected chi connectivity index (χ2v) is 4.34. The number of hydrogen-bond donors (Lipinski definition) is 0. The van der Waals surface area contributed by atoms with Crippen LogP contribution in [0.3, 0.4) is 0 Å². The van der Waals surface area contributed by atoms with Crippen LogP contribution in [0.4, 0.5) is 0 Å². The molecule has 0 radical (unpaired) electrons. The number of rotatable bonds is 7. The van der Waals surface area contributed by atoms with Gasteiger partial charge in [-0.2, -0.15) is 0 Å². The Hall–Kier alpha value is 0.690. The van der Waals surface area contributed by atoms with Gasteiger partial charge < -0.3 is 0 Å². The molecule has 0 aliphatic rings. The average molecular weight is 269 g/mol. The standard InChI is InChI=1S/C9H20IN/c1-3-5-7-9-11(10)8-6-4-2/h3-9H2,1-2H3. The highest BCUT2D eigenvalue weighted by molar-refractivity contribution is 14.1. The molecule has 0 fully saturated rings. The Labute approximate surface area is 85.0 Å². The maximum absolute atomic E-state index is 2.44. The molecular formula is C9H20IN. The topological polar surface area (TPSA) is 3.24 Å². The highest BCUT2D eigenvalue weighted by Crippen LogP contribution is 2.05. The molecule has 0 spiro atoms. The minimum Gasteiger partial charge on any atom is -0.248 e. The van der Waals surface area contributed by atoms with Crippen molar-refractivity contribution in [1.82, 2.24) is 3.11 Å². The van der Waals surface area contributed by atoms with E-state index in [2.05, 4.69) is 39.8 Å². The summed E-state index contributed by atoms with van der Waals surface area (Å²) in [7, 11) is 0. The zero-order valence-electron chi connectivity index (χ0n) is 7.77. The van der Waals surface area contributed by atoms with Crippen molar-refractivity contribution in [3.8, 4) is 0 Å². The number of halogens is 1. The summed E-state index contributed by atoms with van der Waals surface area (Å²) < 4.78 is 2.41. The van der Waals surface area contributed by atoms with E-state index in [1.807, 2.05) is 0 Å². The summed E-state index contributed by atoms with van der Waals surface area (Å²) in [5.41, 5.74) is 0. The van der Waals surface area contributed by atoms with Crippen LogP contribution in [0.5, 0.6) is 0 Å². The summed E-state index contributed by atoms with van der Waals surface area (Å²) in [5.74, 6) is 0. The fourth-order valence-electron chi connectivity index (χ4n) is 0.975. The highest BCUT2D eigenvalue weighted by atomic mass is 127. The lowest BCUT2D eigenvalue weighted by Crippen LogP contribution is -2.13. The highest BCUT2D eigenvalue weighted by Gasteiger charge is 1.97. The van der Waals surface area contributed by atoms with Crippen molar-refractivity contribution in [1.29, 1.82) is 0 Å². The van der Waals surface area contributed by atoms with Crippen molar-refractivity contribution in [2.75, 3.05) is 13.1 Å². The van der Waals surface area contributed by atoms with Crippen LogP contribution in [-0.2, 0) is 0 Å². The van der Waals surface area contributed by atoms with E-state index in [0.29, 0.717) is 0 Å². The molecule has 2 heteroatoms. The second-order valence-electron chi connectivity index (χ2n) is 2.97. The van der Waals surface area contributed by atoms with Gasteiger partial charge in [-0.15, -0.1) is 0 Å². The summed E-state index contributed by atoms with van der Waals surface area (Å²) in [6.07, 6.45) is 6.73. The molecule has 0 N–H and O–H groups in total. The van der Waals surface area contributed by atoms with Gasteiger partial charge in [0.25, 0.3) is 0 Å². The van der Waals surface area contributed by atoms with Crippen LogP contribution in [0.25, 0.3) is 0 Å². The van der Waals surface area contributed by atoms with E-state index in [0.717, 1.165) is 0 Å². The van der Waals surface area contributed by atoms with E-state index in [4.69, 9.17) is 0 Å². The first-order chi connectivity index (χ1) is 5.31. The van der Waals surface area contributed by atoms with Crippen molar-refractivity contribution in [2.45, 2.75) is 46.0 Å². The van der Waals surface area contributed by atoms with Crippen molar-refractivity contribution in [2.24, 2.45) is 0 Å². The van der Waals surface area contributed by atoms with Gasteiger partial charge in [0.15, 0.2) is 0 Å². The van der Waals surface area contributed by atoms with Gasteiger partial charge in [-0.1, -0.05) is 33.1 Å². The smallest absolute Gasteiger partial charge is 0.0201 e. The molecule has 0 saturated carbocycles. The molecule has 0 aliphatic carbocycles.